The van der Waals surface area contributed by atoms with Crippen molar-refractivity contribution in [1.82, 2.24) is 0 Å². The second-order valence-electron chi connectivity index (χ2n) is 0. The zero-order valence-corrected chi connectivity index (χ0v) is 17.3. The van der Waals surface area contributed by atoms with Gasteiger partial charge in [0.25, 0.3) is 0 Å². The van der Waals surface area contributed by atoms with E-state index in [-0.39, 0.29) is 157 Å². The van der Waals surface area contributed by atoms with E-state index in [1.165, 1.54) is 0 Å². The summed E-state index contributed by atoms with van der Waals surface area (Å²) in [6.45, 7) is 0. The van der Waals surface area contributed by atoms with Gasteiger partial charge in [-0.3, -0.25) is 0 Å². The molecule has 0 aromatic carbocycles. The second kappa shape index (κ2) is 43.2. The Morgan fingerprint density at radius 2 is 0.143 bits per heavy atom. The monoisotopic (exact) mass is 1380 g/mol. The average molecular weight is 1380 g/mol. The van der Waals surface area contributed by atoms with Crippen molar-refractivity contribution in [2.24, 2.45) is 0 Å². The van der Waals surface area contributed by atoms with Crippen LogP contribution in [0, 0.1) is 0 Å². The van der Waals surface area contributed by atoms with Gasteiger partial charge in [0.05, 0.1) is 0 Å². The van der Waals surface area contributed by atoms with Crippen molar-refractivity contribution in [2.45, 2.75) is 0 Å². The maximum atomic E-state index is 0. The van der Waals surface area contributed by atoms with Gasteiger partial charge >= 0.3 is 157 Å². The summed E-state index contributed by atoms with van der Waals surface area (Å²) in [5.41, 5.74) is 0. The van der Waals surface area contributed by atoms with Crippen molar-refractivity contribution in [3.8, 4) is 0 Å². The van der Waals surface area contributed by atoms with Crippen LogP contribution < -0.4 is 0 Å². The van der Waals surface area contributed by atoms with E-state index in [2.05, 4.69) is 0 Å². The quantitative estimate of drug-likeness (QED) is 0.300. The summed E-state index contributed by atoms with van der Waals surface area (Å²) in [6.07, 6.45) is 0. The Hall–Kier alpha value is 5.18. The zero-order chi connectivity index (χ0) is 0. The fourth-order valence-electron chi connectivity index (χ4n) is 0. The summed E-state index contributed by atoms with van der Waals surface area (Å²) < 4.78 is 0. The second-order valence-corrected chi connectivity index (χ2v) is 0. The largest absolute Gasteiger partial charge is 1.00 e. The van der Waals surface area contributed by atoms with Crippen LogP contribution in [0.5, 0.6) is 0 Å². The minimum atomic E-state index is 0. The van der Waals surface area contributed by atoms with E-state index in [0.717, 1.165) is 0 Å². The molecule has 0 unspecified atom stereocenters. The van der Waals surface area contributed by atoms with Gasteiger partial charge in [-0.05, 0) is 0 Å². The van der Waals surface area contributed by atoms with Crippen LogP contribution in [0.4, 0.5) is 0 Å². The van der Waals surface area contributed by atoms with Crippen LogP contribution in [0.2, 0.25) is 0 Å². The molecule has 0 saturated heterocycles. The Morgan fingerprint density at radius 1 is 0.143 bits per heavy atom. The minimum Gasteiger partial charge on any atom is 1.00 e. The van der Waals surface area contributed by atoms with Crippen LogP contribution >= 0.6 is 0 Å². The van der Waals surface area contributed by atoms with Gasteiger partial charge in [0.15, 0.2) is 0 Å². The summed E-state index contributed by atoms with van der Waals surface area (Å²) in [6, 6.07) is 0. The van der Waals surface area contributed by atoms with Crippen LogP contribution in [0.15, 0.2) is 0 Å². The Labute approximate surface area is 153 Å². The minimum absolute atomic E-state index is 0. The van der Waals surface area contributed by atoms with Gasteiger partial charge < -0.3 is 0 Å². The average Bonchev–Trinajstić information content (AvgIpc) is 0. The van der Waals surface area contributed by atoms with Crippen molar-refractivity contribution in [1.29, 1.82) is 0 Å². The van der Waals surface area contributed by atoms with E-state index in [4.69, 9.17) is 0 Å². The SMILES string of the molecule is [Au+].[Au+].[Au+].[Au+].[Au+].[Au+].[Au+]. The molecule has 0 saturated carbocycles. The van der Waals surface area contributed by atoms with E-state index in [1.807, 2.05) is 0 Å². The third-order valence-electron chi connectivity index (χ3n) is 0. The van der Waals surface area contributed by atoms with Crippen molar-refractivity contribution in [3.63, 3.8) is 0 Å². The fraction of sp³-hybridized carbons (Fsp3) is 0. The Balaban J connectivity index is 0. The van der Waals surface area contributed by atoms with E-state index >= 15 is 0 Å². The topological polar surface area (TPSA) is 0 Å². The molecular formula is Au7+7. The molecule has 0 N–H and O–H groups in total. The normalized spacial score (nSPS) is 0. The molecule has 0 aliphatic rings. The van der Waals surface area contributed by atoms with Gasteiger partial charge in [0, 0.05) is 0 Å². The number of hydrogen-bond donors (Lipinski definition) is 0. The molecule has 0 aromatic rings. The smallest absolute Gasteiger partial charge is 1.00 e. The first kappa shape index (κ1) is 56.7. The van der Waals surface area contributed by atoms with E-state index in [1.54, 1.807) is 0 Å². The van der Waals surface area contributed by atoms with Crippen molar-refractivity contribution in [3.05, 3.63) is 0 Å². The van der Waals surface area contributed by atoms with Gasteiger partial charge in [-0.15, -0.1) is 0 Å². The summed E-state index contributed by atoms with van der Waals surface area (Å²) in [4.78, 5) is 0. The third kappa shape index (κ3) is 35.1. The first-order valence-electron chi connectivity index (χ1n) is 0. The van der Waals surface area contributed by atoms with Crippen molar-refractivity contribution in [2.75, 3.05) is 0 Å². The molecular weight excluding hydrogens is 1380 g/mol. The molecule has 0 aliphatic heterocycles. The van der Waals surface area contributed by atoms with Crippen LogP contribution in [-0.4, -0.2) is 0 Å². The predicted molar refractivity (Wildman–Crippen MR) is 0 cm³/mol. The summed E-state index contributed by atoms with van der Waals surface area (Å²) in [5.74, 6) is 0. The van der Waals surface area contributed by atoms with Crippen LogP contribution in [0.25, 0.3) is 0 Å². The van der Waals surface area contributed by atoms with Crippen LogP contribution in [0.3, 0.4) is 0 Å². The fourth-order valence-corrected chi connectivity index (χ4v) is 0. The van der Waals surface area contributed by atoms with Crippen molar-refractivity contribution >= 4 is 0 Å². The molecule has 0 spiro atoms. The predicted octanol–water partition coefficient (Wildman–Crippen LogP) is -0.0175. The maximum absolute atomic E-state index is 0. The molecule has 7 heavy (non-hydrogen) atoms. The molecule has 0 nitrogen and oxygen atoms in total. The van der Waals surface area contributed by atoms with Gasteiger partial charge in [-0.2, -0.15) is 0 Å². The first-order valence-corrected chi connectivity index (χ1v) is 0. The van der Waals surface area contributed by atoms with Gasteiger partial charge in [0.2, 0.25) is 0 Å². The summed E-state index contributed by atoms with van der Waals surface area (Å²) in [5, 5.41) is 0. The maximum Gasteiger partial charge on any atom is 1.00 e. The van der Waals surface area contributed by atoms with Gasteiger partial charge in [0.1, 0.15) is 0 Å². The summed E-state index contributed by atoms with van der Waals surface area (Å²) >= 11 is 0. The standard InChI is InChI=1S/7Au/q7*+1. The molecule has 0 aliphatic carbocycles. The molecule has 0 aromatic heterocycles. The van der Waals surface area contributed by atoms with E-state index < -0.39 is 0 Å². The Bertz CT molecular complexity index is 0. The number of hydrogen-bond acceptors (Lipinski definition) is 0. The molecule has 0 heterocycles. The van der Waals surface area contributed by atoms with E-state index in [9.17, 15) is 0 Å². The van der Waals surface area contributed by atoms with Crippen LogP contribution in [0.1, 0.15) is 0 Å². The first-order chi connectivity index (χ1) is 0. The molecule has 0 amide bonds. The summed E-state index contributed by atoms with van der Waals surface area (Å²) in [7, 11) is 0. The molecule has 0 bridgehead atoms. The molecule has 7 heteroatoms. The zero-order valence-electron chi connectivity index (χ0n) is 2.11. The van der Waals surface area contributed by atoms with Gasteiger partial charge in [-0.1, -0.05) is 0 Å². The van der Waals surface area contributed by atoms with Crippen LogP contribution in [-0.2, 0) is 157 Å². The molecule has 0 fully saturated rings. The molecule has 0 atom stereocenters. The third-order valence-corrected chi connectivity index (χ3v) is 0. The Kier molecular flexibility index (Phi) is 350. The number of rotatable bonds is 0. The molecule has 0 rings (SSSR count). The molecule has 0 radical (unpaired) electrons. The van der Waals surface area contributed by atoms with E-state index in [0.29, 0.717) is 0 Å². The Morgan fingerprint density at radius 3 is 0.143 bits per heavy atom. The van der Waals surface area contributed by atoms with Gasteiger partial charge in [-0.25, -0.2) is 0 Å². The van der Waals surface area contributed by atoms with Crippen molar-refractivity contribution < 1.29 is 157 Å². The molecule has 70 valence electrons.